The summed E-state index contributed by atoms with van der Waals surface area (Å²) < 4.78 is 0. The monoisotopic (exact) mass is 359 g/mol. The van der Waals surface area contributed by atoms with Crippen LogP contribution in [0.2, 0.25) is 0 Å². The Hall–Kier alpha value is -3.47. The van der Waals surface area contributed by atoms with Crippen LogP contribution in [0.5, 0.6) is 0 Å². The molecule has 5 heteroatoms. The average Bonchev–Trinajstić information content (AvgIpc) is 2.73. The van der Waals surface area contributed by atoms with Crippen LogP contribution in [0.3, 0.4) is 0 Å². The van der Waals surface area contributed by atoms with Crippen molar-refractivity contribution in [2.45, 2.75) is 19.9 Å². The summed E-state index contributed by atoms with van der Waals surface area (Å²) in [5.41, 5.74) is 3.67. The van der Waals surface area contributed by atoms with E-state index >= 15 is 0 Å². The van der Waals surface area contributed by atoms with Crippen LogP contribution >= 0.6 is 0 Å². The molecule has 0 aliphatic heterocycles. The maximum absolute atomic E-state index is 12.5. The van der Waals surface area contributed by atoms with Crippen molar-refractivity contribution in [2.75, 3.05) is 5.32 Å². The summed E-state index contributed by atoms with van der Waals surface area (Å²) in [5.74, 6) is -0.403. The van der Waals surface area contributed by atoms with E-state index in [0.29, 0.717) is 17.7 Å². The molecule has 136 valence electrons. The molecule has 0 unspecified atom stereocenters. The molecule has 0 fully saturated rings. The number of carbonyl (C=O) groups excluding carboxylic acids is 2. The lowest BCUT2D eigenvalue weighted by molar-refractivity contribution is 0.0948. The summed E-state index contributed by atoms with van der Waals surface area (Å²) in [6.45, 7) is 2.40. The zero-order chi connectivity index (χ0) is 19.1. The second-order valence-electron chi connectivity index (χ2n) is 6.05. The van der Waals surface area contributed by atoms with Crippen LogP contribution in [-0.4, -0.2) is 16.8 Å². The van der Waals surface area contributed by atoms with Gasteiger partial charge in [0.15, 0.2) is 0 Å². The molecule has 3 rings (SSSR count). The quantitative estimate of drug-likeness (QED) is 0.703. The molecular formula is C22H21N3O2. The summed E-state index contributed by atoms with van der Waals surface area (Å²) in [4.78, 5) is 28.9. The fourth-order valence-corrected chi connectivity index (χ4v) is 2.69. The van der Waals surface area contributed by atoms with Gasteiger partial charge in [0.1, 0.15) is 0 Å². The van der Waals surface area contributed by atoms with Gasteiger partial charge in [-0.1, -0.05) is 31.2 Å². The van der Waals surface area contributed by atoms with Gasteiger partial charge in [0.25, 0.3) is 11.8 Å². The zero-order valence-corrected chi connectivity index (χ0v) is 15.1. The van der Waals surface area contributed by atoms with Gasteiger partial charge in [0.2, 0.25) is 0 Å². The SMILES string of the molecule is CCc1ccccc1NC(=O)c1ccc(C(=O)NCc2ccccn2)cc1. The molecule has 27 heavy (non-hydrogen) atoms. The maximum Gasteiger partial charge on any atom is 0.255 e. The van der Waals surface area contributed by atoms with Gasteiger partial charge in [-0.25, -0.2) is 0 Å². The fourth-order valence-electron chi connectivity index (χ4n) is 2.69. The molecule has 2 amide bonds. The van der Waals surface area contributed by atoms with Crippen molar-refractivity contribution in [1.82, 2.24) is 10.3 Å². The minimum Gasteiger partial charge on any atom is -0.346 e. The third-order valence-corrected chi connectivity index (χ3v) is 4.21. The summed E-state index contributed by atoms with van der Waals surface area (Å²) in [7, 11) is 0. The normalized spacial score (nSPS) is 10.3. The van der Waals surface area contributed by atoms with Crippen molar-refractivity contribution in [3.05, 3.63) is 95.3 Å². The van der Waals surface area contributed by atoms with Crippen LogP contribution in [0.1, 0.15) is 38.9 Å². The number of hydrogen-bond acceptors (Lipinski definition) is 3. The number of nitrogens with zero attached hydrogens (tertiary/aromatic N) is 1. The lowest BCUT2D eigenvalue weighted by Gasteiger charge is -2.10. The Bertz CT molecular complexity index is 922. The van der Waals surface area contributed by atoms with Gasteiger partial charge in [-0.05, 0) is 54.4 Å². The Labute approximate surface area is 158 Å². The molecule has 1 aromatic heterocycles. The summed E-state index contributed by atoms with van der Waals surface area (Å²) >= 11 is 0. The molecule has 0 aliphatic rings. The van der Waals surface area contributed by atoms with Gasteiger partial charge in [0, 0.05) is 23.0 Å². The molecule has 0 bridgehead atoms. The molecule has 3 aromatic rings. The molecule has 0 aliphatic carbocycles. The van der Waals surface area contributed by atoms with Crippen LogP contribution in [0.15, 0.2) is 72.9 Å². The predicted octanol–water partition coefficient (Wildman–Crippen LogP) is 3.83. The minimum atomic E-state index is -0.205. The number of benzene rings is 2. The molecule has 0 radical (unpaired) electrons. The van der Waals surface area contributed by atoms with Crippen molar-refractivity contribution in [3.63, 3.8) is 0 Å². The fraction of sp³-hybridized carbons (Fsp3) is 0.136. The van der Waals surface area contributed by atoms with Crippen molar-refractivity contribution in [2.24, 2.45) is 0 Å². The van der Waals surface area contributed by atoms with Crippen LogP contribution in [0.25, 0.3) is 0 Å². The number of pyridine rings is 1. The van der Waals surface area contributed by atoms with Gasteiger partial charge in [0.05, 0.1) is 12.2 Å². The van der Waals surface area contributed by atoms with Gasteiger partial charge >= 0.3 is 0 Å². The van der Waals surface area contributed by atoms with Crippen LogP contribution in [0.4, 0.5) is 5.69 Å². The van der Waals surface area contributed by atoms with Crippen molar-refractivity contribution in [1.29, 1.82) is 0 Å². The van der Waals surface area contributed by atoms with E-state index in [9.17, 15) is 9.59 Å². The van der Waals surface area contributed by atoms with Crippen LogP contribution in [0, 0.1) is 0 Å². The van der Waals surface area contributed by atoms with Crippen molar-refractivity contribution in [3.8, 4) is 0 Å². The second-order valence-corrected chi connectivity index (χ2v) is 6.05. The number of rotatable bonds is 6. The van der Waals surface area contributed by atoms with Crippen molar-refractivity contribution >= 4 is 17.5 Å². The highest BCUT2D eigenvalue weighted by molar-refractivity contribution is 6.05. The van der Waals surface area contributed by atoms with Crippen molar-refractivity contribution < 1.29 is 9.59 Å². The van der Waals surface area contributed by atoms with E-state index < -0.39 is 0 Å². The average molecular weight is 359 g/mol. The predicted molar refractivity (Wildman–Crippen MR) is 106 cm³/mol. The molecule has 2 N–H and O–H groups in total. The summed E-state index contributed by atoms with van der Waals surface area (Å²) in [6, 6.07) is 19.9. The number of carbonyl (C=O) groups is 2. The van der Waals surface area contributed by atoms with E-state index in [2.05, 4.69) is 15.6 Å². The van der Waals surface area contributed by atoms with Crippen LogP contribution < -0.4 is 10.6 Å². The van der Waals surface area contributed by atoms with E-state index in [1.807, 2.05) is 49.4 Å². The number of hydrogen-bond donors (Lipinski definition) is 2. The number of anilines is 1. The van der Waals surface area contributed by atoms with E-state index in [-0.39, 0.29) is 11.8 Å². The van der Waals surface area contributed by atoms with Gasteiger partial charge < -0.3 is 10.6 Å². The second kappa shape index (κ2) is 8.76. The highest BCUT2D eigenvalue weighted by atomic mass is 16.2. The highest BCUT2D eigenvalue weighted by Crippen LogP contribution is 2.17. The topological polar surface area (TPSA) is 71.1 Å². The number of aryl methyl sites for hydroxylation is 1. The Kier molecular flexibility index (Phi) is 5.94. The Morgan fingerprint density at radius 1 is 0.852 bits per heavy atom. The molecule has 5 nitrogen and oxygen atoms in total. The smallest absolute Gasteiger partial charge is 0.255 e. The molecular weight excluding hydrogens is 338 g/mol. The van der Waals surface area contributed by atoms with Gasteiger partial charge in [-0.3, -0.25) is 14.6 Å². The standard InChI is InChI=1S/C22H21N3O2/c1-2-16-7-3-4-9-20(16)25-22(27)18-12-10-17(11-13-18)21(26)24-15-19-8-5-6-14-23-19/h3-14H,2,15H2,1H3,(H,24,26)(H,25,27). The third-order valence-electron chi connectivity index (χ3n) is 4.21. The first-order valence-corrected chi connectivity index (χ1v) is 8.85. The minimum absolute atomic E-state index is 0.198. The molecule has 0 atom stereocenters. The molecule has 0 saturated carbocycles. The molecule has 2 aromatic carbocycles. The highest BCUT2D eigenvalue weighted by Gasteiger charge is 2.10. The van der Waals surface area contributed by atoms with Crippen LogP contribution in [-0.2, 0) is 13.0 Å². The largest absolute Gasteiger partial charge is 0.346 e. The molecule has 0 spiro atoms. The Morgan fingerprint density at radius 3 is 2.19 bits per heavy atom. The Morgan fingerprint density at radius 2 is 1.52 bits per heavy atom. The number of nitrogens with one attached hydrogen (secondary N) is 2. The van der Waals surface area contributed by atoms with E-state index in [1.165, 1.54) is 0 Å². The molecule has 1 heterocycles. The first-order chi connectivity index (χ1) is 13.2. The van der Waals surface area contributed by atoms with Gasteiger partial charge in [-0.15, -0.1) is 0 Å². The number of amides is 2. The van der Waals surface area contributed by atoms with E-state index in [1.54, 1.807) is 30.5 Å². The van der Waals surface area contributed by atoms with E-state index in [0.717, 1.165) is 23.4 Å². The summed E-state index contributed by atoms with van der Waals surface area (Å²) in [6.07, 6.45) is 2.53. The first kappa shape index (κ1) is 18.3. The summed E-state index contributed by atoms with van der Waals surface area (Å²) in [5, 5.41) is 5.74. The zero-order valence-electron chi connectivity index (χ0n) is 15.1. The first-order valence-electron chi connectivity index (χ1n) is 8.85. The Balaban J connectivity index is 1.62. The van der Waals surface area contributed by atoms with Gasteiger partial charge in [-0.2, -0.15) is 0 Å². The number of para-hydroxylation sites is 1. The molecule has 0 saturated heterocycles. The maximum atomic E-state index is 12.5. The number of aromatic nitrogens is 1. The lowest BCUT2D eigenvalue weighted by atomic mass is 10.1. The van der Waals surface area contributed by atoms with E-state index in [4.69, 9.17) is 0 Å². The third kappa shape index (κ3) is 4.79. The lowest BCUT2D eigenvalue weighted by Crippen LogP contribution is -2.23.